The molecule has 0 unspecified atom stereocenters. The van der Waals surface area contributed by atoms with E-state index in [4.69, 9.17) is 9.51 Å². The Labute approximate surface area is 221 Å². The molecule has 3 heterocycles. The van der Waals surface area contributed by atoms with E-state index < -0.39 is 12.6 Å². The van der Waals surface area contributed by atoms with Crippen LogP contribution in [0, 0.1) is 25.2 Å². The second-order valence-corrected chi connectivity index (χ2v) is 10.2. The summed E-state index contributed by atoms with van der Waals surface area (Å²) in [6.45, 7) is 9.44. The zero-order valence-corrected chi connectivity index (χ0v) is 22.5. The highest BCUT2D eigenvalue weighted by Gasteiger charge is 2.31. The molecule has 0 spiro atoms. The number of nitrogens with zero attached hydrogens (tertiary/aromatic N) is 5. The average Bonchev–Trinajstić information content (AvgIpc) is 3.29. The number of pyridine rings is 1. The summed E-state index contributed by atoms with van der Waals surface area (Å²) in [5.41, 5.74) is 1.80. The van der Waals surface area contributed by atoms with E-state index in [1.807, 2.05) is 6.92 Å². The number of piperidine rings is 1. The number of nitrogens with one attached hydrogen (secondary N) is 1. The van der Waals surface area contributed by atoms with Crippen molar-refractivity contribution in [2.45, 2.75) is 90.9 Å². The fourth-order valence-corrected chi connectivity index (χ4v) is 5.47. The minimum Gasteiger partial charge on any atom is -0.356 e. The van der Waals surface area contributed by atoms with Gasteiger partial charge in [-0.15, -0.1) is 0 Å². The number of fused-ring (bicyclic) bond motifs is 1. The lowest BCUT2D eigenvalue weighted by Crippen LogP contribution is -2.46. The van der Waals surface area contributed by atoms with Crippen molar-refractivity contribution >= 4 is 16.7 Å². The number of hydrogen-bond donors (Lipinski definition) is 1. The normalized spacial score (nSPS) is 15.0. The molecular weight excluding hydrogens is 493 g/mol. The number of rotatable bonds is 9. The summed E-state index contributed by atoms with van der Waals surface area (Å²) in [4.78, 5) is 11.5. The molecule has 4 rings (SSSR count). The minimum absolute atomic E-state index is 0.0208. The lowest BCUT2D eigenvalue weighted by Gasteiger charge is -2.36. The van der Waals surface area contributed by atoms with Gasteiger partial charge in [0.1, 0.15) is 11.9 Å². The van der Waals surface area contributed by atoms with Gasteiger partial charge in [0.15, 0.2) is 5.82 Å². The van der Waals surface area contributed by atoms with E-state index in [1.54, 1.807) is 6.92 Å². The first-order valence-electron chi connectivity index (χ1n) is 13.4. The van der Waals surface area contributed by atoms with E-state index in [0.29, 0.717) is 45.8 Å². The topological polar surface area (TPSA) is 90.9 Å². The number of benzene rings is 1. The van der Waals surface area contributed by atoms with Crippen LogP contribution in [-0.2, 0) is 6.42 Å². The van der Waals surface area contributed by atoms with Crippen LogP contribution in [0.1, 0.15) is 74.9 Å². The molecule has 1 aliphatic rings. The quantitative estimate of drug-likeness (QED) is 0.343. The third kappa shape index (κ3) is 6.26. The molecule has 1 saturated heterocycles. The van der Waals surface area contributed by atoms with E-state index in [0.717, 1.165) is 51.6 Å². The van der Waals surface area contributed by atoms with E-state index in [-0.39, 0.29) is 17.0 Å². The molecular formula is C28H35F3N6O. The molecule has 0 aliphatic carbocycles. The van der Waals surface area contributed by atoms with Crippen LogP contribution in [0.2, 0.25) is 0 Å². The molecule has 0 amide bonds. The molecule has 1 aromatic carbocycles. The predicted molar refractivity (Wildman–Crippen MR) is 141 cm³/mol. The van der Waals surface area contributed by atoms with Crippen LogP contribution in [0.3, 0.4) is 0 Å². The molecule has 2 aromatic heterocycles. The number of hydrogen-bond acceptors (Lipinski definition) is 7. The summed E-state index contributed by atoms with van der Waals surface area (Å²) in [5.74, 6) is 1.35. The van der Waals surface area contributed by atoms with Crippen molar-refractivity contribution in [2.75, 3.05) is 18.0 Å². The fourth-order valence-electron chi connectivity index (χ4n) is 5.47. The lowest BCUT2D eigenvalue weighted by molar-refractivity contribution is -0.127. The van der Waals surface area contributed by atoms with Gasteiger partial charge in [-0.05, 0) is 62.8 Å². The van der Waals surface area contributed by atoms with Crippen LogP contribution in [-0.4, -0.2) is 46.5 Å². The Morgan fingerprint density at radius 3 is 2.37 bits per heavy atom. The van der Waals surface area contributed by atoms with Crippen LogP contribution in [0.15, 0.2) is 16.7 Å². The van der Waals surface area contributed by atoms with Crippen LogP contribution in [0.25, 0.3) is 22.4 Å². The number of anilines is 1. The maximum Gasteiger partial charge on any atom is 0.393 e. The van der Waals surface area contributed by atoms with Gasteiger partial charge < -0.3 is 14.7 Å². The van der Waals surface area contributed by atoms with Gasteiger partial charge in [-0.2, -0.15) is 23.4 Å². The van der Waals surface area contributed by atoms with Gasteiger partial charge in [0, 0.05) is 30.6 Å². The number of halogens is 3. The fraction of sp³-hybridized carbons (Fsp3) is 0.571. The highest BCUT2D eigenvalue weighted by Crippen LogP contribution is 2.39. The van der Waals surface area contributed by atoms with Crippen molar-refractivity contribution < 1.29 is 17.7 Å². The summed E-state index contributed by atoms with van der Waals surface area (Å²) in [6.07, 6.45) is 0.971. The molecule has 7 nitrogen and oxygen atoms in total. The maximum absolute atomic E-state index is 13.2. The van der Waals surface area contributed by atoms with Crippen molar-refractivity contribution in [3.63, 3.8) is 0 Å². The molecule has 1 aliphatic heterocycles. The third-order valence-electron chi connectivity index (χ3n) is 7.20. The van der Waals surface area contributed by atoms with Crippen molar-refractivity contribution in [3.8, 4) is 17.5 Å². The SMILES string of the molecule is CCCC(CCC)NC1CCN(c2nc3c(C#N)cc(CC(F)(F)F)cc3c(C)c2-c2nc(C)no2)CC1. The summed E-state index contributed by atoms with van der Waals surface area (Å²) < 4.78 is 45.1. The van der Waals surface area contributed by atoms with Gasteiger partial charge in [-0.25, -0.2) is 4.98 Å². The van der Waals surface area contributed by atoms with Crippen molar-refractivity contribution in [3.05, 3.63) is 34.6 Å². The first kappa shape index (κ1) is 27.8. The van der Waals surface area contributed by atoms with Gasteiger partial charge in [-0.3, -0.25) is 0 Å². The molecule has 1 N–H and O–H groups in total. The summed E-state index contributed by atoms with van der Waals surface area (Å²) in [6, 6.07) is 5.75. The third-order valence-corrected chi connectivity index (χ3v) is 7.20. The van der Waals surface area contributed by atoms with Gasteiger partial charge in [0.05, 0.1) is 23.1 Å². The Balaban J connectivity index is 1.73. The number of nitriles is 1. The Kier molecular flexibility index (Phi) is 8.56. The monoisotopic (exact) mass is 528 g/mol. The van der Waals surface area contributed by atoms with Crippen LogP contribution >= 0.6 is 0 Å². The Hall–Kier alpha value is -3.19. The molecule has 0 saturated carbocycles. The van der Waals surface area contributed by atoms with Crippen LogP contribution in [0.4, 0.5) is 19.0 Å². The van der Waals surface area contributed by atoms with Gasteiger partial charge in [0.2, 0.25) is 0 Å². The van der Waals surface area contributed by atoms with Gasteiger partial charge >= 0.3 is 6.18 Å². The highest BCUT2D eigenvalue weighted by atomic mass is 19.4. The molecule has 38 heavy (non-hydrogen) atoms. The highest BCUT2D eigenvalue weighted by molar-refractivity contribution is 5.95. The van der Waals surface area contributed by atoms with Crippen molar-refractivity contribution in [2.24, 2.45) is 0 Å². The Bertz CT molecular complexity index is 1300. The zero-order valence-electron chi connectivity index (χ0n) is 22.5. The molecule has 204 valence electrons. The maximum atomic E-state index is 13.2. The standard InChI is InChI=1S/C28H35F3N6O/c1-5-7-21(8-6-2)34-22-9-11-37(12-10-22)26-24(27-33-18(4)36-38-27)17(3)23-14-19(15-28(29,30)31)13-20(16-32)25(23)35-26/h13-14,21-22,34H,5-12,15H2,1-4H3. The van der Waals surface area contributed by atoms with E-state index >= 15 is 0 Å². The predicted octanol–water partition coefficient (Wildman–Crippen LogP) is 6.41. The smallest absolute Gasteiger partial charge is 0.356 e. The molecule has 3 aromatic rings. The molecule has 0 radical (unpaired) electrons. The lowest BCUT2D eigenvalue weighted by atomic mass is 9.96. The van der Waals surface area contributed by atoms with Gasteiger partial charge in [0.25, 0.3) is 5.89 Å². The van der Waals surface area contributed by atoms with Gasteiger partial charge in [-0.1, -0.05) is 31.8 Å². The first-order chi connectivity index (χ1) is 18.1. The van der Waals surface area contributed by atoms with Crippen LogP contribution < -0.4 is 10.2 Å². The van der Waals surface area contributed by atoms with E-state index in [2.05, 4.69) is 40.3 Å². The van der Waals surface area contributed by atoms with E-state index in [1.165, 1.54) is 12.1 Å². The number of aromatic nitrogens is 3. The summed E-state index contributed by atoms with van der Waals surface area (Å²) in [5, 5.41) is 18.1. The van der Waals surface area contributed by atoms with E-state index in [9.17, 15) is 18.4 Å². The Morgan fingerprint density at radius 2 is 1.82 bits per heavy atom. The summed E-state index contributed by atoms with van der Waals surface area (Å²) >= 11 is 0. The van der Waals surface area contributed by atoms with Crippen molar-refractivity contribution in [1.29, 1.82) is 5.26 Å². The minimum atomic E-state index is -4.39. The first-order valence-corrected chi connectivity index (χ1v) is 13.4. The molecule has 0 bridgehead atoms. The molecule has 0 atom stereocenters. The second kappa shape index (κ2) is 11.7. The average molecular weight is 529 g/mol. The van der Waals surface area contributed by atoms with Crippen LogP contribution in [0.5, 0.6) is 0 Å². The summed E-state index contributed by atoms with van der Waals surface area (Å²) in [7, 11) is 0. The van der Waals surface area contributed by atoms with Crippen molar-refractivity contribution in [1.82, 2.24) is 20.4 Å². The second-order valence-electron chi connectivity index (χ2n) is 10.2. The largest absolute Gasteiger partial charge is 0.393 e. The Morgan fingerprint density at radius 1 is 1.13 bits per heavy atom. The zero-order chi connectivity index (χ0) is 27.4. The number of aryl methyl sites for hydroxylation is 2. The molecule has 1 fully saturated rings. The molecule has 10 heteroatoms. The number of alkyl halides is 3.